The standard InChI is InChI=1S/C12H18ClN3O/c1-15-12(17)6-7-16(2)11-5-3-4-10(13)9(11)8-14/h3-5H,6-8,14H2,1-2H3,(H,15,17). The molecule has 3 N–H and O–H groups in total. The molecule has 0 aliphatic heterocycles. The van der Waals surface area contributed by atoms with Gasteiger partial charge in [-0.15, -0.1) is 0 Å². The Balaban J connectivity index is 2.78. The third kappa shape index (κ3) is 3.61. The molecule has 1 rings (SSSR count). The van der Waals surface area contributed by atoms with Crippen molar-refractivity contribution in [2.75, 3.05) is 25.5 Å². The number of amides is 1. The van der Waals surface area contributed by atoms with E-state index in [0.717, 1.165) is 11.3 Å². The Hall–Kier alpha value is -1.26. The van der Waals surface area contributed by atoms with E-state index >= 15 is 0 Å². The van der Waals surface area contributed by atoms with Crippen molar-refractivity contribution in [3.8, 4) is 0 Å². The number of hydrogen-bond donors (Lipinski definition) is 2. The molecule has 0 aromatic heterocycles. The molecule has 94 valence electrons. The van der Waals surface area contributed by atoms with Crippen molar-refractivity contribution >= 4 is 23.2 Å². The van der Waals surface area contributed by atoms with Crippen LogP contribution < -0.4 is 16.0 Å². The summed E-state index contributed by atoms with van der Waals surface area (Å²) in [5, 5.41) is 3.26. The Bertz CT molecular complexity index is 395. The molecule has 1 aromatic rings. The lowest BCUT2D eigenvalue weighted by molar-refractivity contribution is -0.120. The number of benzene rings is 1. The highest BCUT2D eigenvalue weighted by molar-refractivity contribution is 6.31. The van der Waals surface area contributed by atoms with Crippen molar-refractivity contribution in [2.24, 2.45) is 5.73 Å². The van der Waals surface area contributed by atoms with E-state index in [9.17, 15) is 4.79 Å². The Kier molecular flexibility index (Phi) is 5.25. The van der Waals surface area contributed by atoms with E-state index in [1.54, 1.807) is 7.05 Å². The van der Waals surface area contributed by atoms with Crippen molar-refractivity contribution in [1.82, 2.24) is 5.32 Å². The zero-order valence-electron chi connectivity index (χ0n) is 10.2. The van der Waals surface area contributed by atoms with Gasteiger partial charge in [-0.2, -0.15) is 0 Å². The summed E-state index contributed by atoms with van der Waals surface area (Å²) in [6.07, 6.45) is 0.448. The number of rotatable bonds is 5. The van der Waals surface area contributed by atoms with E-state index in [4.69, 9.17) is 17.3 Å². The maximum Gasteiger partial charge on any atom is 0.221 e. The van der Waals surface area contributed by atoms with E-state index in [1.807, 2.05) is 30.1 Å². The number of carbonyl (C=O) groups excluding carboxylic acids is 1. The zero-order chi connectivity index (χ0) is 12.8. The van der Waals surface area contributed by atoms with Crippen molar-refractivity contribution < 1.29 is 4.79 Å². The first-order valence-corrected chi connectivity index (χ1v) is 5.87. The molecule has 0 unspecified atom stereocenters. The molecule has 0 spiro atoms. The fraction of sp³-hybridized carbons (Fsp3) is 0.417. The quantitative estimate of drug-likeness (QED) is 0.836. The summed E-state index contributed by atoms with van der Waals surface area (Å²) in [5.74, 6) is 0.0215. The van der Waals surface area contributed by atoms with Gasteiger partial charge in [0, 0.05) is 49.9 Å². The van der Waals surface area contributed by atoms with Crippen LogP contribution in [0.2, 0.25) is 5.02 Å². The van der Waals surface area contributed by atoms with Crippen LogP contribution in [0.25, 0.3) is 0 Å². The van der Waals surface area contributed by atoms with Gasteiger partial charge in [0.1, 0.15) is 0 Å². The predicted molar refractivity (Wildman–Crippen MR) is 71.3 cm³/mol. The van der Waals surface area contributed by atoms with Crippen LogP contribution in [0.15, 0.2) is 18.2 Å². The second-order valence-electron chi connectivity index (χ2n) is 3.79. The number of halogens is 1. The highest BCUT2D eigenvalue weighted by atomic mass is 35.5. The van der Waals surface area contributed by atoms with Crippen LogP contribution in [-0.2, 0) is 11.3 Å². The van der Waals surface area contributed by atoms with Crippen molar-refractivity contribution in [3.05, 3.63) is 28.8 Å². The van der Waals surface area contributed by atoms with Crippen LogP contribution in [0.5, 0.6) is 0 Å². The van der Waals surface area contributed by atoms with Crippen molar-refractivity contribution in [1.29, 1.82) is 0 Å². The molecule has 0 bridgehead atoms. The van der Waals surface area contributed by atoms with Gasteiger partial charge in [0.25, 0.3) is 0 Å². The maximum atomic E-state index is 11.2. The summed E-state index contributed by atoms with van der Waals surface area (Å²) >= 11 is 6.08. The number of nitrogens with two attached hydrogens (primary N) is 1. The third-order valence-corrected chi connectivity index (χ3v) is 3.02. The van der Waals surface area contributed by atoms with E-state index < -0.39 is 0 Å². The summed E-state index contributed by atoms with van der Waals surface area (Å²) < 4.78 is 0. The molecule has 0 atom stereocenters. The van der Waals surface area contributed by atoms with Crippen LogP contribution in [0.3, 0.4) is 0 Å². The van der Waals surface area contributed by atoms with Gasteiger partial charge in [-0.1, -0.05) is 17.7 Å². The molecule has 0 aliphatic carbocycles. The Morgan fingerprint density at radius 3 is 2.82 bits per heavy atom. The minimum absolute atomic E-state index is 0.0215. The molecule has 4 nitrogen and oxygen atoms in total. The van der Waals surface area contributed by atoms with Crippen LogP contribution >= 0.6 is 11.6 Å². The fourth-order valence-corrected chi connectivity index (χ4v) is 1.87. The topological polar surface area (TPSA) is 58.4 Å². The molecular formula is C12H18ClN3O. The van der Waals surface area contributed by atoms with Gasteiger partial charge in [0.15, 0.2) is 0 Å². The Labute approximate surface area is 107 Å². The summed E-state index contributed by atoms with van der Waals surface area (Å²) in [6, 6.07) is 5.66. The average molecular weight is 256 g/mol. The van der Waals surface area contributed by atoms with Crippen molar-refractivity contribution in [2.45, 2.75) is 13.0 Å². The number of nitrogens with zero attached hydrogens (tertiary/aromatic N) is 1. The summed E-state index contributed by atoms with van der Waals surface area (Å²) in [5.41, 5.74) is 7.57. The molecule has 0 fully saturated rings. The lowest BCUT2D eigenvalue weighted by atomic mass is 10.1. The molecule has 0 radical (unpaired) electrons. The molecule has 0 heterocycles. The Morgan fingerprint density at radius 1 is 1.53 bits per heavy atom. The molecule has 1 aromatic carbocycles. The fourth-order valence-electron chi connectivity index (χ4n) is 1.62. The average Bonchev–Trinajstić information content (AvgIpc) is 2.35. The summed E-state index contributed by atoms with van der Waals surface area (Å²) in [4.78, 5) is 13.2. The second-order valence-corrected chi connectivity index (χ2v) is 4.19. The van der Waals surface area contributed by atoms with Gasteiger partial charge in [-0.3, -0.25) is 4.79 Å². The van der Waals surface area contributed by atoms with Gasteiger partial charge in [-0.05, 0) is 12.1 Å². The van der Waals surface area contributed by atoms with Gasteiger partial charge in [-0.25, -0.2) is 0 Å². The minimum Gasteiger partial charge on any atom is -0.374 e. The summed E-state index contributed by atoms with van der Waals surface area (Å²) in [6.45, 7) is 1.02. The molecule has 5 heteroatoms. The van der Waals surface area contributed by atoms with Crippen LogP contribution in [0, 0.1) is 0 Å². The minimum atomic E-state index is 0.0215. The van der Waals surface area contributed by atoms with Crippen LogP contribution in [0.4, 0.5) is 5.69 Å². The molecule has 0 saturated carbocycles. The first-order chi connectivity index (χ1) is 8.10. The van der Waals surface area contributed by atoms with E-state index in [1.165, 1.54) is 0 Å². The molecule has 1 amide bonds. The highest BCUT2D eigenvalue weighted by Crippen LogP contribution is 2.26. The number of nitrogens with one attached hydrogen (secondary N) is 1. The third-order valence-electron chi connectivity index (χ3n) is 2.66. The van der Waals surface area contributed by atoms with E-state index in [2.05, 4.69) is 5.32 Å². The molecule has 0 aliphatic rings. The monoisotopic (exact) mass is 255 g/mol. The maximum absolute atomic E-state index is 11.2. The van der Waals surface area contributed by atoms with E-state index in [0.29, 0.717) is 24.5 Å². The summed E-state index contributed by atoms with van der Waals surface area (Å²) in [7, 11) is 3.56. The van der Waals surface area contributed by atoms with Gasteiger partial charge < -0.3 is 16.0 Å². The van der Waals surface area contributed by atoms with Gasteiger partial charge >= 0.3 is 0 Å². The number of hydrogen-bond acceptors (Lipinski definition) is 3. The Morgan fingerprint density at radius 2 is 2.24 bits per heavy atom. The largest absolute Gasteiger partial charge is 0.374 e. The second kappa shape index (κ2) is 6.47. The van der Waals surface area contributed by atoms with Crippen molar-refractivity contribution in [3.63, 3.8) is 0 Å². The zero-order valence-corrected chi connectivity index (χ0v) is 10.9. The molecule has 17 heavy (non-hydrogen) atoms. The lowest BCUT2D eigenvalue weighted by Gasteiger charge is -2.22. The smallest absolute Gasteiger partial charge is 0.221 e. The normalized spacial score (nSPS) is 10.1. The van der Waals surface area contributed by atoms with Gasteiger partial charge in [0.2, 0.25) is 5.91 Å². The lowest BCUT2D eigenvalue weighted by Crippen LogP contribution is -2.27. The number of carbonyl (C=O) groups is 1. The predicted octanol–water partition coefficient (Wildman–Crippen LogP) is 1.37. The molecular weight excluding hydrogens is 238 g/mol. The van der Waals surface area contributed by atoms with Crippen LogP contribution in [0.1, 0.15) is 12.0 Å². The first-order valence-electron chi connectivity index (χ1n) is 5.49. The highest BCUT2D eigenvalue weighted by Gasteiger charge is 2.10. The SMILES string of the molecule is CNC(=O)CCN(C)c1cccc(Cl)c1CN. The first kappa shape index (κ1) is 13.8. The van der Waals surface area contributed by atoms with Gasteiger partial charge in [0.05, 0.1) is 0 Å². The van der Waals surface area contributed by atoms with E-state index in [-0.39, 0.29) is 5.91 Å². The molecule has 0 saturated heterocycles. The number of anilines is 1. The van der Waals surface area contributed by atoms with Crippen LogP contribution in [-0.4, -0.2) is 26.5 Å².